The molecular weight excluding hydrogens is 440 g/mol. The smallest absolute Gasteiger partial charge is 0.161 e. The van der Waals surface area contributed by atoms with Crippen LogP contribution in [0, 0.1) is 23.2 Å². The van der Waals surface area contributed by atoms with Gasteiger partial charge in [-0.05, 0) is 79.5 Å². The van der Waals surface area contributed by atoms with Crippen molar-refractivity contribution in [1.29, 1.82) is 5.26 Å². The van der Waals surface area contributed by atoms with Gasteiger partial charge in [-0.25, -0.2) is 0 Å². The Morgan fingerprint density at radius 2 is 1.57 bits per heavy atom. The summed E-state index contributed by atoms with van der Waals surface area (Å²) in [5.41, 5.74) is 1.68. The van der Waals surface area contributed by atoms with E-state index in [9.17, 15) is 5.26 Å². The Morgan fingerprint density at radius 3 is 2.17 bits per heavy atom. The van der Waals surface area contributed by atoms with Gasteiger partial charge in [0, 0.05) is 13.1 Å². The fourth-order valence-corrected chi connectivity index (χ4v) is 5.34. The first-order valence-electron chi connectivity index (χ1n) is 12.5. The summed E-state index contributed by atoms with van der Waals surface area (Å²) in [7, 11) is 6.61. The zero-order valence-corrected chi connectivity index (χ0v) is 22.1. The SMILES string of the molecule is COc1ccc(CCN2CCCC(CC(C#N)(c3ccc(OC)c(OC)c3)C(C)C)C2)cc1OC. The predicted molar refractivity (Wildman–Crippen MR) is 139 cm³/mol. The lowest BCUT2D eigenvalue weighted by Crippen LogP contribution is -2.41. The summed E-state index contributed by atoms with van der Waals surface area (Å²) < 4.78 is 21.8. The highest BCUT2D eigenvalue weighted by atomic mass is 16.5. The minimum atomic E-state index is -0.573. The third kappa shape index (κ3) is 6.02. The number of nitrogens with zero attached hydrogens (tertiary/aromatic N) is 2. The summed E-state index contributed by atoms with van der Waals surface area (Å²) in [6, 6.07) is 14.8. The van der Waals surface area contributed by atoms with Gasteiger partial charge in [0.2, 0.25) is 0 Å². The van der Waals surface area contributed by atoms with Crippen LogP contribution >= 0.6 is 0 Å². The van der Waals surface area contributed by atoms with Gasteiger partial charge in [-0.15, -0.1) is 0 Å². The molecule has 1 aliphatic rings. The Morgan fingerprint density at radius 1 is 0.943 bits per heavy atom. The number of piperidine rings is 1. The molecule has 0 saturated carbocycles. The highest BCUT2D eigenvalue weighted by molar-refractivity contribution is 5.47. The lowest BCUT2D eigenvalue weighted by Gasteiger charge is -2.39. The summed E-state index contributed by atoms with van der Waals surface area (Å²) >= 11 is 0. The summed E-state index contributed by atoms with van der Waals surface area (Å²) in [5, 5.41) is 10.5. The van der Waals surface area contributed by atoms with Gasteiger partial charge in [0.15, 0.2) is 23.0 Å². The van der Waals surface area contributed by atoms with Crippen LogP contribution in [0.25, 0.3) is 0 Å². The zero-order valence-electron chi connectivity index (χ0n) is 22.1. The molecule has 0 radical (unpaired) electrons. The lowest BCUT2D eigenvalue weighted by atomic mass is 9.66. The molecule has 2 atom stereocenters. The molecule has 6 heteroatoms. The van der Waals surface area contributed by atoms with Crippen molar-refractivity contribution < 1.29 is 18.9 Å². The fraction of sp³-hybridized carbons (Fsp3) is 0.552. The third-order valence-electron chi connectivity index (χ3n) is 7.46. The summed E-state index contributed by atoms with van der Waals surface area (Å²) in [6.45, 7) is 7.40. The molecule has 3 rings (SSSR count). The second-order valence-electron chi connectivity index (χ2n) is 9.76. The summed E-state index contributed by atoms with van der Waals surface area (Å²) in [5.74, 6) is 3.52. The van der Waals surface area contributed by atoms with E-state index in [4.69, 9.17) is 18.9 Å². The van der Waals surface area contributed by atoms with Gasteiger partial charge in [0.1, 0.15) is 0 Å². The van der Waals surface area contributed by atoms with Crippen molar-refractivity contribution in [2.24, 2.45) is 11.8 Å². The van der Waals surface area contributed by atoms with E-state index in [1.54, 1.807) is 28.4 Å². The molecule has 0 amide bonds. The van der Waals surface area contributed by atoms with Crippen molar-refractivity contribution in [3.8, 4) is 29.1 Å². The van der Waals surface area contributed by atoms with Crippen LogP contribution in [0.1, 0.15) is 44.2 Å². The van der Waals surface area contributed by atoms with Crippen molar-refractivity contribution in [2.75, 3.05) is 48.1 Å². The Hall–Kier alpha value is -2.91. The van der Waals surface area contributed by atoms with E-state index in [0.717, 1.165) is 62.4 Å². The van der Waals surface area contributed by atoms with E-state index in [1.807, 2.05) is 24.3 Å². The Labute approximate surface area is 210 Å². The molecule has 35 heavy (non-hydrogen) atoms. The maximum absolute atomic E-state index is 10.5. The first-order valence-corrected chi connectivity index (χ1v) is 12.5. The first kappa shape index (κ1) is 26.7. The second-order valence-corrected chi connectivity index (χ2v) is 9.76. The fourth-order valence-electron chi connectivity index (χ4n) is 5.34. The molecule has 2 unspecified atom stereocenters. The molecular formula is C29H40N2O4. The molecule has 1 saturated heterocycles. The molecule has 0 aliphatic carbocycles. The van der Waals surface area contributed by atoms with Crippen LogP contribution in [0.15, 0.2) is 36.4 Å². The van der Waals surface area contributed by atoms with Crippen molar-refractivity contribution in [2.45, 2.75) is 44.9 Å². The first-order chi connectivity index (χ1) is 16.9. The number of likely N-dealkylation sites (tertiary alicyclic amines) is 1. The highest BCUT2D eigenvalue weighted by Crippen LogP contribution is 2.43. The van der Waals surface area contributed by atoms with E-state index in [0.29, 0.717) is 17.4 Å². The Balaban J connectivity index is 1.72. The number of methoxy groups -OCH3 is 4. The largest absolute Gasteiger partial charge is 0.493 e. The van der Waals surface area contributed by atoms with E-state index in [-0.39, 0.29) is 5.92 Å². The summed E-state index contributed by atoms with van der Waals surface area (Å²) in [4.78, 5) is 2.54. The molecule has 1 heterocycles. The van der Waals surface area contributed by atoms with Gasteiger partial charge in [-0.1, -0.05) is 26.0 Å². The molecule has 0 spiro atoms. The van der Waals surface area contributed by atoms with E-state index in [1.165, 1.54) is 5.56 Å². The van der Waals surface area contributed by atoms with Crippen LogP contribution in [0.5, 0.6) is 23.0 Å². The average molecular weight is 481 g/mol. The number of benzene rings is 2. The average Bonchev–Trinajstić information content (AvgIpc) is 2.89. The van der Waals surface area contributed by atoms with E-state index in [2.05, 4.69) is 36.9 Å². The number of nitriles is 1. The lowest BCUT2D eigenvalue weighted by molar-refractivity contribution is 0.148. The summed E-state index contributed by atoms with van der Waals surface area (Å²) in [6.07, 6.45) is 4.10. The molecule has 1 aliphatic heterocycles. The molecule has 0 aromatic heterocycles. The number of rotatable bonds is 11. The third-order valence-corrected chi connectivity index (χ3v) is 7.46. The van der Waals surface area contributed by atoms with Gasteiger partial charge < -0.3 is 23.8 Å². The zero-order chi connectivity index (χ0) is 25.4. The van der Waals surface area contributed by atoms with E-state index < -0.39 is 5.41 Å². The Bertz CT molecular complexity index is 1020. The monoisotopic (exact) mass is 480 g/mol. The van der Waals surface area contributed by atoms with Gasteiger partial charge in [-0.2, -0.15) is 5.26 Å². The number of ether oxygens (including phenoxy) is 4. The highest BCUT2D eigenvalue weighted by Gasteiger charge is 2.40. The molecule has 0 N–H and O–H groups in total. The number of hydrogen-bond donors (Lipinski definition) is 0. The van der Waals surface area contributed by atoms with Crippen molar-refractivity contribution in [3.63, 3.8) is 0 Å². The minimum Gasteiger partial charge on any atom is -0.493 e. The molecule has 0 bridgehead atoms. The number of hydrogen-bond acceptors (Lipinski definition) is 6. The van der Waals surface area contributed by atoms with Gasteiger partial charge in [-0.3, -0.25) is 0 Å². The van der Waals surface area contributed by atoms with Crippen molar-refractivity contribution >= 4 is 0 Å². The maximum atomic E-state index is 10.5. The van der Waals surface area contributed by atoms with Crippen LogP contribution in [0.4, 0.5) is 0 Å². The van der Waals surface area contributed by atoms with Crippen LogP contribution in [-0.4, -0.2) is 53.0 Å². The topological polar surface area (TPSA) is 64.0 Å². The normalized spacial score (nSPS) is 17.9. The molecule has 2 aromatic carbocycles. The van der Waals surface area contributed by atoms with Crippen molar-refractivity contribution in [1.82, 2.24) is 4.90 Å². The van der Waals surface area contributed by atoms with Gasteiger partial charge >= 0.3 is 0 Å². The van der Waals surface area contributed by atoms with Crippen LogP contribution in [0.2, 0.25) is 0 Å². The molecule has 6 nitrogen and oxygen atoms in total. The quantitative estimate of drug-likeness (QED) is 0.424. The van der Waals surface area contributed by atoms with Crippen molar-refractivity contribution in [3.05, 3.63) is 47.5 Å². The van der Waals surface area contributed by atoms with Gasteiger partial charge in [0.25, 0.3) is 0 Å². The van der Waals surface area contributed by atoms with E-state index >= 15 is 0 Å². The maximum Gasteiger partial charge on any atom is 0.161 e. The standard InChI is InChI=1S/C29H40N2O4/c1-21(2)29(20-30,24-10-12-26(33-4)28(17-24)35-6)18-23-8-7-14-31(19-23)15-13-22-9-11-25(32-3)27(16-22)34-5/h9-12,16-17,21,23H,7-8,13-15,18-19H2,1-6H3. The predicted octanol–water partition coefficient (Wildman–Crippen LogP) is 5.48. The molecule has 190 valence electrons. The Kier molecular flexibility index (Phi) is 9.28. The van der Waals surface area contributed by atoms with Crippen LogP contribution < -0.4 is 18.9 Å². The molecule has 1 fully saturated rings. The second kappa shape index (κ2) is 12.2. The van der Waals surface area contributed by atoms with Crippen LogP contribution in [0.3, 0.4) is 0 Å². The minimum absolute atomic E-state index is 0.174. The van der Waals surface area contributed by atoms with Gasteiger partial charge in [0.05, 0.1) is 39.9 Å². The van der Waals surface area contributed by atoms with Crippen LogP contribution in [-0.2, 0) is 11.8 Å². The molecule has 2 aromatic rings.